The number of nitrogens with one attached hydrogen (secondary N) is 1. The minimum atomic E-state index is -0.996. The third kappa shape index (κ3) is 3.74. The molecule has 4 heterocycles. The maximum Gasteiger partial charge on any atom is 0.271 e. The van der Waals surface area contributed by atoms with Gasteiger partial charge in [0.05, 0.1) is 6.54 Å². The minimum absolute atomic E-state index is 0.0969. The molecule has 1 aromatic carbocycles. The van der Waals surface area contributed by atoms with E-state index in [9.17, 15) is 9.59 Å². The minimum Gasteiger partial charge on any atom is -0.350 e. The molecule has 0 saturated carbocycles. The largest absolute Gasteiger partial charge is 0.350 e. The fourth-order valence-corrected chi connectivity index (χ4v) is 5.98. The molecule has 0 aliphatic carbocycles. The topological polar surface area (TPSA) is 54.3 Å². The smallest absolute Gasteiger partial charge is 0.271 e. The second-order valence-corrected chi connectivity index (χ2v) is 10.5. The van der Waals surface area contributed by atoms with Crippen molar-refractivity contribution in [2.75, 3.05) is 6.54 Å². The molecule has 5 nitrogen and oxygen atoms in total. The van der Waals surface area contributed by atoms with E-state index in [1.54, 1.807) is 27.6 Å². The molecule has 1 N–H and O–H groups in total. The number of aromatic nitrogens is 1. The molecule has 0 radical (unpaired) electrons. The molecule has 1 aliphatic rings. The van der Waals surface area contributed by atoms with Gasteiger partial charge in [0.25, 0.3) is 5.91 Å². The van der Waals surface area contributed by atoms with Gasteiger partial charge in [-0.15, -0.1) is 22.7 Å². The van der Waals surface area contributed by atoms with E-state index in [2.05, 4.69) is 11.4 Å². The second kappa shape index (κ2) is 8.39. The first-order chi connectivity index (χ1) is 15.5. The first-order valence-electron chi connectivity index (χ1n) is 10.4. The highest BCUT2D eigenvalue weighted by Gasteiger charge is 2.47. The molecule has 5 rings (SSSR count). The lowest BCUT2D eigenvalue weighted by molar-refractivity contribution is -0.133. The van der Waals surface area contributed by atoms with Gasteiger partial charge in [0.2, 0.25) is 5.91 Å². The molecule has 164 valence electrons. The van der Waals surface area contributed by atoms with Crippen LogP contribution in [0.5, 0.6) is 0 Å². The number of carbonyl (C=O) groups excluding carboxylic acids is 2. The van der Waals surface area contributed by atoms with Crippen molar-refractivity contribution in [2.24, 2.45) is 0 Å². The van der Waals surface area contributed by atoms with Gasteiger partial charge in [0.1, 0.15) is 16.1 Å². The number of rotatable bonds is 6. The fraction of sp³-hybridized carbons (Fsp3) is 0.250. The van der Waals surface area contributed by atoms with E-state index >= 15 is 0 Å². The zero-order chi connectivity index (χ0) is 22.3. The van der Waals surface area contributed by atoms with E-state index in [0.717, 1.165) is 22.2 Å². The lowest BCUT2D eigenvalue weighted by Crippen LogP contribution is -2.64. The van der Waals surface area contributed by atoms with Gasteiger partial charge in [-0.25, -0.2) is 0 Å². The van der Waals surface area contributed by atoms with E-state index in [1.807, 2.05) is 64.7 Å². The molecule has 0 saturated heterocycles. The number of thiophene rings is 2. The Hall–Kier alpha value is -2.61. The highest BCUT2D eigenvalue weighted by Crippen LogP contribution is 2.34. The van der Waals surface area contributed by atoms with E-state index in [0.29, 0.717) is 30.4 Å². The van der Waals surface area contributed by atoms with Gasteiger partial charge in [-0.3, -0.25) is 9.59 Å². The number of hydrogen-bond donors (Lipinski definition) is 1. The predicted molar refractivity (Wildman–Crippen MR) is 131 cm³/mol. The van der Waals surface area contributed by atoms with Crippen LogP contribution in [0.4, 0.5) is 0 Å². The summed E-state index contributed by atoms with van der Waals surface area (Å²) in [4.78, 5) is 31.1. The van der Waals surface area contributed by atoms with E-state index < -0.39 is 5.54 Å². The first kappa shape index (κ1) is 21.2. The predicted octanol–water partition coefficient (Wildman–Crippen LogP) is 5.19. The molecule has 3 aromatic heterocycles. The number of benzene rings is 1. The first-order valence-corrected chi connectivity index (χ1v) is 12.5. The molecule has 0 unspecified atom stereocenters. The van der Waals surface area contributed by atoms with Gasteiger partial charge in [-0.05, 0) is 60.0 Å². The Morgan fingerprint density at radius 1 is 1.16 bits per heavy atom. The van der Waals surface area contributed by atoms with Crippen molar-refractivity contribution in [3.63, 3.8) is 0 Å². The molecule has 1 aliphatic heterocycles. The Kier molecular flexibility index (Phi) is 5.57. The van der Waals surface area contributed by atoms with Crippen LogP contribution < -0.4 is 5.32 Å². The maximum atomic E-state index is 13.6. The third-order valence-corrected chi connectivity index (χ3v) is 8.19. The zero-order valence-electron chi connectivity index (χ0n) is 17.5. The van der Waals surface area contributed by atoms with Gasteiger partial charge >= 0.3 is 0 Å². The van der Waals surface area contributed by atoms with Crippen LogP contribution in [0.1, 0.15) is 27.9 Å². The van der Waals surface area contributed by atoms with Crippen LogP contribution in [-0.2, 0) is 24.3 Å². The molecule has 8 heteroatoms. The average molecular weight is 484 g/mol. The van der Waals surface area contributed by atoms with E-state index in [4.69, 9.17) is 11.6 Å². The second-order valence-electron chi connectivity index (χ2n) is 8.17. The number of hydrogen-bond acceptors (Lipinski definition) is 4. The summed E-state index contributed by atoms with van der Waals surface area (Å²) in [5.41, 5.74) is 0.617. The highest BCUT2D eigenvalue weighted by molar-refractivity contribution is 7.16. The summed E-state index contributed by atoms with van der Waals surface area (Å²) in [5.74, 6) is -0.253. The maximum absolute atomic E-state index is 13.6. The van der Waals surface area contributed by atoms with Crippen LogP contribution in [-0.4, -0.2) is 33.4 Å². The number of halogens is 1. The molecular weight excluding hydrogens is 462 g/mol. The van der Waals surface area contributed by atoms with Crippen molar-refractivity contribution in [2.45, 2.75) is 32.0 Å². The van der Waals surface area contributed by atoms with Crippen LogP contribution in [0.3, 0.4) is 0 Å². The van der Waals surface area contributed by atoms with Crippen LogP contribution in [0.15, 0.2) is 59.3 Å². The summed E-state index contributed by atoms with van der Waals surface area (Å²) in [6.45, 7) is 3.17. The Morgan fingerprint density at radius 3 is 2.72 bits per heavy atom. The Morgan fingerprint density at radius 2 is 1.97 bits per heavy atom. The summed E-state index contributed by atoms with van der Waals surface area (Å²) in [6.07, 6.45) is 0.721. The zero-order valence-corrected chi connectivity index (χ0v) is 19.9. The van der Waals surface area contributed by atoms with Gasteiger partial charge in [0, 0.05) is 28.4 Å². The van der Waals surface area contributed by atoms with Crippen molar-refractivity contribution >= 4 is 56.3 Å². The molecule has 4 aromatic rings. The SMILES string of the molecule is C[C@@]1(C(=O)NCc2ccc(Cl)cc2)Cn2c(cc3ccsc32)C(=O)N1CCc1cccs1. The van der Waals surface area contributed by atoms with Gasteiger partial charge < -0.3 is 14.8 Å². The van der Waals surface area contributed by atoms with Crippen LogP contribution in [0.25, 0.3) is 10.2 Å². The lowest BCUT2D eigenvalue weighted by Gasteiger charge is -2.44. The lowest BCUT2D eigenvalue weighted by atomic mass is 9.94. The van der Waals surface area contributed by atoms with Crippen molar-refractivity contribution in [1.29, 1.82) is 0 Å². The van der Waals surface area contributed by atoms with Crippen molar-refractivity contribution < 1.29 is 9.59 Å². The van der Waals surface area contributed by atoms with Crippen molar-refractivity contribution in [1.82, 2.24) is 14.8 Å². The summed E-state index contributed by atoms with van der Waals surface area (Å²) in [7, 11) is 0. The highest BCUT2D eigenvalue weighted by atomic mass is 35.5. The number of amides is 2. The Bertz CT molecular complexity index is 1280. The average Bonchev–Trinajstić information content (AvgIpc) is 3.52. The fourth-order valence-electron chi connectivity index (χ4n) is 4.26. The Balaban J connectivity index is 1.45. The number of nitrogens with zero attached hydrogens (tertiary/aromatic N) is 2. The number of fused-ring (bicyclic) bond motifs is 3. The van der Waals surface area contributed by atoms with Crippen LogP contribution in [0.2, 0.25) is 5.02 Å². The summed E-state index contributed by atoms with van der Waals surface area (Å²) >= 11 is 9.24. The number of carbonyl (C=O) groups is 2. The summed E-state index contributed by atoms with van der Waals surface area (Å²) < 4.78 is 2.01. The molecular formula is C24H22ClN3O2S2. The van der Waals surface area contributed by atoms with Gasteiger partial charge in [-0.2, -0.15) is 0 Å². The monoisotopic (exact) mass is 483 g/mol. The van der Waals surface area contributed by atoms with E-state index in [-0.39, 0.29) is 11.8 Å². The van der Waals surface area contributed by atoms with Gasteiger partial charge in [0.15, 0.2) is 0 Å². The van der Waals surface area contributed by atoms with E-state index in [1.165, 1.54) is 4.88 Å². The van der Waals surface area contributed by atoms with Crippen LogP contribution >= 0.6 is 34.3 Å². The molecule has 1 atom stereocenters. The van der Waals surface area contributed by atoms with Crippen molar-refractivity contribution in [3.05, 3.63) is 80.4 Å². The van der Waals surface area contributed by atoms with Crippen molar-refractivity contribution in [3.8, 4) is 0 Å². The standard InChI is InChI=1S/C24H22ClN3O2S2/c1-24(23(30)26-14-16-4-6-18(25)7-5-16)15-27-20(13-17-9-12-32-22(17)27)21(29)28(24)10-8-19-3-2-11-31-19/h2-7,9,11-13H,8,10,14-15H2,1H3,(H,26,30)/t24-/m0/s1. The summed E-state index contributed by atoms with van der Waals surface area (Å²) in [6, 6.07) is 15.4. The molecule has 32 heavy (non-hydrogen) atoms. The van der Waals surface area contributed by atoms with Gasteiger partial charge in [-0.1, -0.05) is 29.8 Å². The molecule has 0 fully saturated rings. The Labute approximate surface area is 199 Å². The summed E-state index contributed by atoms with van der Waals surface area (Å²) in [5, 5.41) is 8.80. The molecule has 0 spiro atoms. The normalized spacial score (nSPS) is 18.2. The molecule has 0 bridgehead atoms. The molecule has 2 amide bonds. The van der Waals surface area contributed by atoms with Crippen LogP contribution in [0, 0.1) is 0 Å². The third-order valence-electron chi connectivity index (χ3n) is 6.05. The quantitative estimate of drug-likeness (QED) is 0.410.